The largest absolute Gasteiger partial charge is 0.477 e. The van der Waals surface area contributed by atoms with E-state index in [4.69, 9.17) is 15.7 Å². The van der Waals surface area contributed by atoms with Crippen molar-refractivity contribution < 1.29 is 34.2 Å². The zero-order chi connectivity index (χ0) is 26.7. The lowest BCUT2D eigenvalue weighted by Gasteiger charge is -2.49. The topological polar surface area (TPSA) is 226 Å². The number of aliphatic carboxylic acids is 2. The molecule has 2 aromatic heterocycles. The number of amides is 2. The lowest BCUT2D eigenvalue weighted by Crippen LogP contribution is -2.71. The van der Waals surface area contributed by atoms with E-state index in [2.05, 4.69) is 37.4 Å². The van der Waals surface area contributed by atoms with Crippen molar-refractivity contribution in [3.63, 3.8) is 0 Å². The van der Waals surface area contributed by atoms with Crippen molar-refractivity contribution in [1.29, 1.82) is 0 Å². The Balaban J connectivity index is 1.48. The van der Waals surface area contributed by atoms with E-state index in [0.717, 1.165) is 16.2 Å². The van der Waals surface area contributed by atoms with Crippen LogP contribution in [0, 0.1) is 0 Å². The second kappa shape index (κ2) is 11.2. The van der Waals surface area contributed by atoms with Gasteiger partial charge in [-0.25, -0.2) is 14.6 Å². The first kappa shape index (κ1) is 26.5. The number of nitrogen functional groups attached to an aromatic ring is 1. The van der Waals surface area contributed by atoms with E-state index in [1.165, 1.54) is 46.9 Å². The van der Waals surface area contributed by atoms with Crippen LogP contribution in [0.2, 0.25) is 0 Å². The van der Waals surface area contributed by atoms with Crippen molar-refractivity contribution in [2.75, 3.05) is 16.6 Å². The highest BCUT2D eigenvalue weighted by Crippen LogP contribution is 2.44. The molecule has 0 aliphatic carbocycles. The number of hydrogen-bond donors (Lipinski definition) is 5. The fourth-order valence-corrected chi connectivity index (χ4v) is 7.20. The van der Waals surface area contributed by atoms with Gasteiger partial charge in [-0.3, -0.25) is 14.5 Å². The molecule has 0 bridgehead atoms. The Hall–Kier alpha value is -3.55. The zero-order valence-electron chi connectivity index (χ0n) is 18.3. The van der Waals surface area contributed by atoms with Crippen LogP contribution in [-0.2, 0) is 24.0 Å². The number of aromatic nitrogens is 4. The average molecular weight is 585 g/mol. The maximum atomic E-state index is 13.0. The summed E-state index contributed by atoms with van der Waals surface area (Å²) in [5.74, 6) is -4.73. The van der Waals surface area contributed by atoms with Gasteiger partial charge < -0.3 is 26.1 Å². The first-order chi connectivity index (χ1) is 17.7. The number of carbonyl (C=O) groups excluding carboxylic acids is 2. The molecule has 2 amide bonds. The van der Waals surface area contributed by atoms with Gasteiger partial charge in [-0.2, -0.15) is 10.3 Å². The minimum Gasteiger partial charge on any atom is -0.477 e. The normalized spacial score (nSPS) is 19.2. The van der Waals surface area contributed by atoms with Gasteiger partial charge in [0.05, 0.1) is 11.3 Å². The first-order valence-electron chi connectivity index (χ1n) is 9.89. The Labute approximate surface area is 224 Å². The van der Waals surface area contributed by atoms with E-state index >= 15 is 0 Å². The summed E-state index contributed by atoms with van der Waals surface area (Å²) in [5, 5.41) is 36.8. The summed E-state index contributed by atoms with van der Waals surface area (Å²) in [6, 6.07) is -1.06. The fraction of sp³-hybridized carbons (Fsp3) is 0.222. The first-order valence-corrected chi connectivity index (χ1v) is 13.8. The Morgan fingerprint density at radius 1 is 1.38 bits per heavy atom. The van der Waals surface area contributed by atoms with Crippen LogP contribution in [0.5, 0.6) is 0 Å². The molecule has 19 heteroatoms. The van der Waals surface area contributed by atoms with Gasteiger partial charge in [-0.05, 0) is 6.58 Å². The summed E-state index contributed by atoms with van der Waals surface area (Å²) in [5.41, 5.74) is 5.03. The second-order valence-corrected chi connectivity index (χ2v) is 11.4. The lowest BCUT2D eigenvalue weighted by atomic mass is 10.0. The van der Waals surface area contributed by atoms with Crippen LogP contribution in [-0.4, -0.2) is 87.2 Å². The fourth-order valence-electron chi connectivity index (χ4n) is 3.07. The third-order valence-electron chi connectivity index (χ3n) is 4.72. The molecule has 0 radical (unpaired) electrons. The van der Waals surface area contributed by atoms with Crippen molar-refractivity contribution in [3.05, 3.63) is 40.2 Å². The molecule has 0 spiro atoms. The molecule has 1 saturated heterocycles. The SMILES string of the molecule is C=C(O/N=C(\C(=O)N[C@@H]1C(=O)N2C(C(=O)O)=C(SCSc3cn[nH]n3)CS[C@@H]12)c1csc(N)n1)C(=O)O. The predicted octanol–water partition coefficient (Wildman–Crippen LogP) is 0.342. The highest BCUT2D eigenvalue weighted by atomic mass is 32.2. The van der Waals surface area contributed by atoms with Crippen molar-refractivity contribution >= 4 is 81.2 Å². The van der Waals surface area contributed by atoms with Crippen LogP contribution < -0.4 is 11.1 Å². The number of nitrogens with two attached hydrogens (primary N) is 1. The number of nitrogens with zero attached hydrogens (tertiary/aromatic N) is 5. The standard InChI is InChI=1S/C18H16N8O7S4/c1-6(16(29)30)33-24-10(7-3-35-18(19)21-7)13(27)22-11-14(28)26-12(17(31)32)8(4-34-15(11)26)36-5-37-9-2-20-25-23-9/h2-3,11,15H,1,4-5H2,(H2,19,21)(H,22,27)(H,29,30)(H,31,32)(H,20,23,25)/b24-10-/t11-,15+/m1/s1. The number of carboxylic acids is 2. The molecule has 2 aliphatic rings. The Morgan fingerprint density at radius 3 is 2.78 bits per heavy atom. The minimum absolute atomic E-state index is 0.00691. The van der Waals surface area contributed by atoms with Crippen LogP contribution >= 0.6 is 46.6 Å². The molecule has 2 aliphatic heterocycles. The quantitative estimate of drug-likeness (QED) is 0.0457. The number of carbonyl (C=O) groups is 4. The number of carboxylic acid groups (broad SMARTS) is 2. The summed E-state index contributed by atoms with van der Waals surface area (Å²) in [6.45, 7) is 3.17. The molecule has 194 valence electrons. The van der Waals surface area contributed by atoms with E-state index in [1.54, 1.807) is 0 Å². The molecule has 0 unspecified atom stereocenters. The number of oxime groups is 1. The van der Waals surface area contributed by atoms with Crippen LogP contribution in [0.4, 0.5) is 5.13 Å². The maximum Gasteiger partial charge on any atom is 0.374 e. The number of H-pyrrole nitrogens is 1. The summed E-state index contributed by atoms with van der Waals surface area (Å²) in [7, 11) is 0. The number of β-lactam (4-membered cyclic amide) rings is 1. The number of nitrogens with one attached hydrogen (secondary N) is 2. The highest BCUT2D eigenvalue weighted by Gasteiger charge is 2.54. The van der Waals surface area contributed by atoms with Crippen molar-refractivity contribution in [2.45, 2.75) is 16.4 Å². The molecular formula is C18H16N8O7S4. The summed E-state index contributed by atoms with van der Waals surface area (Å²) in [6.07, 6.45) is 1.54. The number of aromatic amines is 1. The van der Waals surface area contributed by atoms with E-state index < -0.39 is 46.6 Å². The van der Waals surface area contributed by atoms with Gasteiger partial charge in [0.25, 0.3) is 11.8 Å². The number of thioether (sulfide) groups is 3. The van der Waals surface area contributed by atoms with E-state index in [1.807, 2.05) is 0 Å². The van der Waals surface area contributed by atoms with Crippen LogP contribution in [0.3, 0.4) is 0 Å². The Kier molecular flexibility index (Phi) is 8.05. The van der Waals surface area contributed by atoms with Crippen molar-refractivity contribution in [2.24, 2.45) is 5.16 Å². The Morgan fingerprint density at radius 2 is 2.16 bits per heavy atom. The molecule has 15 nitrogen and oxygen atoms in total. The number of thiazole rings is 1. The molecule has 1 fully saturated rings. The van der Waals surface area contributed by atoms with E-state index in [9.17, 15) is 24.3 Å². The molecule has 0 saturated carbocycles. The van der Waals surface area contributed by atoms with Gasteiger partial charge in [0.15, 0.2) is 10.8 Å². The average Bonchev–Trinajstić information content (AvgIpc) is 3.53. The van der Waals surface area contributed by atoms with Gasteiger partial charge >= 0.3 is 11.9 Å². The molecule has 2 atom stereocenters. The number of fused-ring (bicyclic) bond motifs is 1. The third kappa shape index (κ3) is 5.73. The van der Waals surface area contributed by atoms with Crippen molar-refractivity contribution in [3.8, 4) is 0 Å². The third-order valence-corrected chi connectivity index (χ3v) is 8.98. The molecular weight excluding hydrogens is 569 g/mol. The van der Waals surface area contributed by atoms with Gasteiger partial charge in [0, 0.05) is 16.0 Å². The number of anilines is 1. The molecule has 0 aromatic carbocycles. The number of rotatable bonds is 11. The molecule has 4 rings (SSSR count). The summed E-state index contributed by atoms with van der Waals surface area (Å²) < 4.78 is 0. The second-order valence-electron chi connectivity index (χ2n) is 6.98. The van der Waals surface area contributed by atoms with Gasteiger partial charge in [-0.1, -0.05) is 16.9 Å². The lowest BCUT2D eigenvalue weighted by molar-refractivity contribution is -0.150. The molecule has 2 aromatic rings. The van der Waals surface area contributed by atoms with Crippen LogP contribution in [0.15, 0.2) is 44.7 Å². The minimum atomic E-state index is -1.49. The molecule has 4 heterocycles. The van der Waals surface area contributed by atoms with Gasteiger partial charge in [0.1, 0.15) is 27.8 Å². The zero-order valence-corrected chi connectivity index (χ0v) is 21.6. The maximum absolute atomic E-state index is 13.0. The summed E-state index contributed by atoms with van der Waals surface area (Å²) in [4.78, 5) is 59.2. The van der Waals surface area contributed by atoms with Crippen LogP contribution in [0.1, 0.15) is 5.69 Å². The smallest absolute Gasteiger partial charge is 0.374 e. The Bertz CT molecular complexity index is 1330. The van der Waals surface area contributed by atoms with Crippen LogP contribution in [0.25, 0.3) is 0 Å². The molecule has 37 heavy (non-hydrogen) atoms. The highest BCUT2D eigenvalue weighted by molar-refractivity contribution is 8.18. The predicted molar refractivity (Wildman–Crippen MR) is 135 cm³/mol. The van der Waals surface area contributed by atoms with Gasteiger partial charge in [0.2, 0.25) is 5.76 Å². The van der Waals surface area contributed by atoms with E-state index in [0.29, 0.717) is 20.8 Å². The summed E-state index contributed by atoms with van der Waals surface area (Å²) >= 11 is 4.92. The van der Waals surface area contributed by atoms with Crippen molar-refractivity contribution in [1.82, 2.24) is 30.6 Å². The van der Waals surface area contributed by atoms with E-state index in [-0.39, 0.29) is 16.5 Å². The number of hydrogen-bond acceptors (Lipinski definition) is 14. The molecule has 6 N–H and O–H groups in total. The monoisotopic (exact) mass is 584 g/mol. The van der Waals surface area contributed by atoms with Gasteiger partial charge in [-0.15, -0.1) is 40.0 Å².